The molecule has 1 aliphatic heterocycles. The molecular formula is C28H25BrCl2N2O3S. The van der Waals surface area contributed by atoms with Crippen molar-refractivity contribution in [3.8, 4) is 11.5 Å². The lowest BCUT2D eigenvalue weighted by Crippen LogP contribution is -2.29. The van der Waals surface area contributed by atoms with E-state index in [0.29, 0.717) is 51.4 Å². The molecule has 0 bridgehead atoms. The SMILES string of the molecule is CCCN1C(=O)/C(=C/c2cc(Br)c(OCc3ccc(Cl)cc3)c(OCC)c2)SC1=Nc1ccc(Cl)cc1. The Morgan fingerprint density at radius 2 is 1.68 bits per heavy atom. The molecular weight excluding hydrogens is 595 g/mol. The summed E-state index contributed by atoms with van der Waals surface area (Å²) in [5.41, 5.74) is 2.54. The van der Waals surface area contributed by atoms with Gasteiger partial charge in [-0.3, -0.25) is 9.69 Å². The van der Waals surface area contributed by atoms with Crippen LogP contribution in [0.25, 0.3) is 6.08 Å². The van der Waals surface area contributed by atoms with Crippen molar-refractivity contribution >= 4 is 73.7 Å². The van der Waals surface area contributed by atoms with E-state index in [2.05, 4.69) is 15.9 Å². The minimum Gasteiger partial charge on any atom is -0.490 e. The lowest BCUT2D eigenvalue weighted by atomic mass is 10.1. The van der Waals surface area contributed by atoms with Gasteiger partial charge in [0.05, 0.1) is 21.7 Å². The van der Waals surface area contributed by atoms with Gasteiger partial charge in [-0.1, -0.05) is 42.3 Å². The zero-order chi connectivity index (χ0) is 26.4. The minimum absolute atomic E-state index is 0.0725. The Hall–Kier alpha value is -2.45. The van der Waals surface area contributed by atoms with Gasteiger partial charge < -0.3 is 9.47 Å². The van der Waals surface area contributed by atoms with Crippen molar-refractivity contribution in [2.75, 3.05) is 13.2 Å². The van der Waals surface area contributed by atoms with E-state index in [-0.39, 0.29) is 5.91 Å². The zero-order valence-corrected chi connectivity index (χ0v) is 24.3. The third kappa shape index (κ3) is 7.11. The van der Waals surface area contributed by atoms with E-state index in [1.807, 2.05) is 68.5 Å². The van der Waals surface area contributed by atoms with Crippen LogP contribution in [0.3, 0.4) is 0 Å². The van der Waals surface area contributed by atoms with Crippen LogP contribution >= 0.6 is 50.9 Å². The summed E-state index contributed by atoms with van der Waals surface area (Å²) in [6.45, 7) is 5.37. The van der Waals surface area contributed by atoms with Gasteiger partial charge in [-0.05, 0) is 107 Å². The summed E-state index contributed by atoms with van der Waals surface area (Å²) in [5.74, 6) is 1.12. The highest BCUT2D eigenvalue weighted by molar-refractivity contribution is 9.10. The van der Waals surface area contributed by atoms with Gasteiger partial charge in [-0.2, -0.15) is 0 Å². The number of carbonyl (C=O) groups is 1. The van der Waals surface area contributed by atoms with Crippen molar-refractivity contribution in [3.63, 3.8) is 0 Å². The summed E-state index contributed by atoms with van der Waals surface area (Å²) >= 11 is 17.0. The first kappa shape index (κ1) is 27.6. The van der Waals surface area contributed by atoms with Crippen molar-refractivity contribution in [3.05, 3.63) is 91.2 Å². The predicted molar refractivity (Wildman–Crippen MR) is 157 cm³/mol. The smallest absolute Gasteiger partial charge is 0.266 e. The number of rotatable bonds is 9. The maximum absolute atomic E-state index is 13.3. The third-order valence-corrected chi connectivity index (χ3v) is 7.41. The second-order valence-corrected chi connectivity index (χ2v) is 10.9. The quantitative estimate of drug-likeness (QED) is 0.225. The summed E-state index contributed by atoms with van der Waals surface area (Å²) in [5, 5.41) is 1.96. The fourth-order valence-electron chi connectivity index (χ4n) is 3.60. The molecule has 0 spiro atoms. The molecule has 0 N–H and O–H groups in total. The Labute approximate surface area is 239 Å². The van der Waals surface area contributed by atoms with Crippen LogP contribution in [-0.4, -0.2) is 29.1 Å². The van der Waals surface area contributed by atoms with Crippen LogP contribution in [0, 0.1) is 0 Å². The minimum atomic E-state index is -0.0725. The van der Waals surface area contributed by atoms with Gasteiger partial charge in [-0.25, -0.2) is 4.99 Å². The van der Waals surface area contributed by atoms with E-state index in [1.165, 1.54) is 11.8 Å². The number of hydrogen-bond acceptors (Lipinski definition) is 5. The van der Waals surface area contributed by atoms with E-state index in [0.717, 1.165) is 27.7 Å². The number of amides is 1. The lowest BCUT2D eigenvalue weighted by Gasteiger charge is -2.15. The first-order chi connectivity index (χ1) is 17.9. The molecule has 0 aliphatic carbocycles. The zero-order valence-electron chi connectivity index (χ0n) is 20.3. The molecule has 0 aromatic heterocycles. The number of nitrogens with zero attached hydrogens (tertiary/aromatic N) is 2. The molecule has 5 nitrogen and oxygen atoms in total. The summed E-state index contributed by atoms with van der Waals surface area (Å²) in [4.78, 5) is 20.3. The normalized spacial score (nSPS) is 15.6. The first-order valence-corrected chi connectivity index (χ1v) is 14.1. The number of halogens is 3. The van der Waals surface area contributed by atoms with Gasteiger partial charge in [0.2, 0.25) is 0 Å². The van der Waals surface area contributed by atoms with Crippen molar-refractivity contribution < 1.29 is 14.3 Å². The number of hydrogen-bond donors (Lipinski definition) is 0. The maximum Gasteiger partial charge on any atom is 0.266 e. The van der Waals surface area contributed by atoms with E-state index in [9.17, 15) is 4.79 Å². The van der Waals surface area contributed by atoms with Gasteiger partial charge in [-0.15, -0.1) is 0 Å². The van der Waals surface area contributed by atoms with Crippen molar-refractivity contribution in [1.82, 2.24) is 4.90 Å². The molecule has 0 radical (unpaired) electrons. The van der Waals surface area contributed by atoms with Crippen molar-refractivity contribution in [2.24, 2.45) is 4.99 Å². The molecule has 1 fully saturated rings. The highest BCUT2D eigenvalue weighted by Crippen LogP contribution is 2.40. The molecule has 9 heteroatoms. The topological polar surface area (TPSA) is 51.1 Å². The monoisotopic (exact) mass is 618 g/mol. The van der Waals surface area contributed by atoms with Crippen LogP contribution in [0.4, 0.5) is 5.69 Å². The molecule has 1 saturated heterocycles. The molecule has 37 heavy (non-hydrogen) atoms. The fourth-order valence-corrected chi connectivity index (χ4v) is 5.45. The second-order valence-electron chi connectivity index (χ2n) is 8.12. The molecule has 4 rings (SSSR count). The van der Waals surface area contributed by atoms with Crippen LogP contribution in [-0.2, 0) is 11.4 Å². The fraction of sp³-hybridized carbons (Fsp3) is 0.214. The molecule has 3 aromatic rings. The average Bonchev–Trinajstić information content (AvgIpc) is 3.15. The Kier molecular flexibility index (Phi) is 9.60. The highest BCUT2D eigenvalue weighted by atomic mass is 79.9. The number of carbonyl (C=O) groups excluding carboxylic acids is 1. The maximum atomic E-state index is 13.3. The standard InChI is InChI=1S/C28H25BrCl2N2O3S/c1-3-13-33-27(34)25(37-28(33)32-22-11-9-21(31)10-12-22)16-19-14-23(29)26(24(15-19)35-4-2)36-17-18-5-7-20(30)8-6-18/h5-12,14-16H,3-4,13,17H2,1-2H3/b25-16-,32-28?. The van der Waals surface area contributed by atoms with Gasteiger partial charge in [0.1, 0.15) is 6.61 Å². The Morgan fingerprint density at radius 3 is 2.32 bits per heavy atom. The molecule has 192 valence electrons. The van der Waals surface area contributed by atoms with Crippen LogP contribution in [0.1, 0.15) is 31.4 Å². The van der Waals surface area contributed by atoms with E-state index < -0.39 is 0 Å². The molecule has 1 heterocycles. The molecule has 0 atom stereocenters. The van der Waals surface area contributed by atoms with Crippen LogP contribution in [0.2, 0.25) is 10.0 Å². The molecule has 0 saturated carbocycles. The summed E-state index contributed by atoms with van der Waals surface area (Å²) in [7, 11) is 0. The Bertz CT molecular complexity index is 1330. The van der Waals surface area contributed by atoms with E-state index in [1.54, 1.807) is 17.0 Å². The van der Waals surface area contributed by atoms with E-state index >= 15 is 0 Å². The second kappa shape index (κ2) is 12.9. The highest BCUT2D eigenvalue weighted by Gasteiger charge is 2.33. The number of aliphatic imine (C=N–C) groups is 1. The first-order valence-electron chi connectivity index (χ1n) is 11.8. The average molecular weight is 620 g/mol. The lowest BCUT2D eigenvalue weighted by molar-refractivity contribution is -0.122. The predicted octanol–water partition coefficient (Wildman–Crippen LogP) is 8.75. The van der Waals surface area contributed by atoms with Crippen LogP contribution in [0.5, 0.6) is 11.5 Å². The van der Waals surface area contributed by atoms with E-state index in [4.69, 9.17) is 37.7 Å². The van der Waals surface area contributed by atoms with Gasteiger partial charge in [0, 0.05) is 16.6 Å². The number of amidine groups is 1. The Morgan fingerprint density at radius 1 is 1.00 bits per heavy atom. The van der Waals surface area contributed by atoms with Gasteiger partial charge in [0.25, 0.3) is 5.91 Å². The molecule has 3 aromatic carbocycles. The molecule has 1 amide bonds. The summed E-state index contributed by atoms with van der Waals surface area (Å²) < 4.78 is 12.7. The molecule has 0 unspecified atom stereocenters. The van der Waals surface area contributed by atoms with Gasteiger partial charge >= 0.3 is 0 Å². The van der Waals surface area contributed by atoms with Crippen LogP contribution in [0.15, 0.2) is 75.0 Å². The Balaban J connectivity index is 1.61. The number of ether oxygens (including phenoxy) is 2. The number of thioether (sulfide) groups is 1. The van der Waals surface area contributed by atoms with Gasteiger partial charge in [0.15, 0.2) is 16.7 Å². The summed E-state index contributed by atoms with van der Waals surface area (Å²) in [6, 6.07) is 18.5. The van der Waals surface area contributed by atoms with Crippen molar-refractivity contribution in [2.45, 2.75) is 26.9 Å². The largest absolute Gasteiger partial charge is 0.490 e. The van der Waals surface area contributed by atoms with Crippen molar-refractivity contribution in [1.29, 1.82) is 0 Å². The van der Waals surface area contributed by atoms with Crippen LogP contribution < -0.4 is 9.47 Å². The third-order valence-electron chi connectivity index (χ3n) is 5.31. The number of benzene rings is 3. The summed E-state index contributed by atoms with van der Waals surface area (Å²) in [6.07, 6.45) is 2.68. The molecule has 1 aliphatic rings.